The molecule has 0 aromatic carbocycles. The molecule has 9 heteroatoms. The van der Waals surface area contributed by atoms with Crippen LogP contribution >= 0.6 is 11.8 Å². The Morgan fingerprint density at radius 1 is 1.53 bits per heavy atom. The molecule has 2 amide bonds. The van der Waals surface area contributed by atoms with E-state index in [0.29, 0.717) is 18.1 Å². The van der Waals surface area contributed by atoms with Crippen LogP contribution in [0.2, 0.25) is 0 Å². The van der Waals surface area contributed by atoms with Crippen molar-refractivity contribution in [1.82, 2.24) is 10.2 Å². The third-order valence-electron chi connectivity index (χ3n) is 2.87. The van der Waals surface area contributed by atoms with Crippen molar-refractivity contribution >= 4 is 33.6 Å². The number of urea groups is 1. The standard InChI is InChI=1S/C10H18N2O5S2/c1-3-19(16,17)8-6-18-5-4-12(8)10(15)11-7(2)9(13)14/h7-8H,3-6H2,1-2H3,(H,11,15)(H,13,14). The highest BCUT2D eigenvalue weighted by Crippen LogP contribution is 2.21. The number of carbonyl (C=O) groups excluding carboxylic acids is 1. The molecule has 1 heterocycles. The summed E-state index contributed by atoms with van der Waals surface area (Å²) in [7, 11) is -3.37. The molecule has 1 fully saturated rings. The van der Waals surface area contributed by atoms with Crippen molar-refractivity contribution in [2.45, 2.75) is 25.3 Å². The highest BCUT2D eigenvalue weighted by atomic mass is 32.2. The summed E-state index contributed by atoms with van der Waals surface area (Å²) in [6.07, 6.45) is 0. The smallest absolute Gasteiger partial charge is 0.325 e. The minimum atomic E-state index is -3.37. The lowest BCUT2D eigenvalue weighted by atomic mass is 10.3. The van der Waals surface area contributed by atoms with Gasteiger partial charge in [-0.2, -0.15) is 11.8 Å². The van der Waals surface area contributed by atoms with Gasteiger partial charge in [0.15, 0.2) is 9.84 Å². The Kier molecular flexibility index (Phi) is 5.48. The zero-order valence-corrected chi connectivity index (χ0v) is 12.5. The molecule has 0 aromatic rings. The number of hydrogen-bond donors (Lipinski definition) is 2. The largest absolute Gasteiger partial charge is 0.480 e. The summed E-state index contributed by atoms with van der Waals surface area (Å²) >= 11 is 1.47. The van der Waals surface area contributed by atoms with Gasteiger partial charge in [-0.3, -0.25) is 4.79 Å². The summed E-state index contributed by atoms with van der Waals surface area (Å²) in [6.45, 7) is 3.17. The van der Waals surface area contributed by atoms with Crippen LogP contribution in [-0.4, -0.2) is 65.6 Å². The van der Waals surface area contributed by atoms with Gasteiger partial charge in [-0.05, 0) is 6.92 Å². The van der Waals surface area contributed by atoms with Crippen molar-refractivity contribution in [1.29, 1.82) is 0 Å². The first-order valence-electron chi connectivity index (χ1n) is 5.89. The molecule has 1 aliphatic rings. The third-order valence-corrected chi connectivity index (χ3v) is 6.16. The topological polar surface area (TPSA) is 104 Å². The lowest BCUT2D eigenvalue weighted by Gasteiger charge is -2.35. The molecule has 0 saturated carbocycles. The minimum absolute atomic E-state index is 0.0451. The summed E-state index contributed by atoms with van der Waals surface area (Å²) in [4.78, 5) is 23.9. The van der Waals surface area contributed by atoms with Gasteiger partial charge in [0.1, 0.15) is 11.4 Å². The molecule has 7 nitrogen and oxygen atoms in total. The Balaban J connectivity index is 2.83. The average molecular weight is 310 g/mol. The van der Waals surface area contributed by atoms with Gasteiger partial charge in [0, 0.05) is 23.8 Å². The van der Waals surface area contributed by atoms with Crippen molar-refractivity contribution < 1.29 is 23.1 Å². The van der Waals surface area contributed by atoms with Crippen molar-refractivity contribution in [2.24, 2.45) is 0 Å². The molecule has 2 N–H and O–H groups in total. The molecule has 1 rings (SSSR count). The second-order valence-electron chi connectivity index (χ2n) is 4.18. The van der Waals surface area contributed by atoms with Gasteiger partial charge in [-0.25, -0.2) is 13.2 Å². The zero-order chi connectivity index (χ0) is 14.6. The number of sulfone groups is 1. The first-order valence-corrected chi connectivity index (χ1v) is 8.76. The SMILES string of the molecule is CCS(=O)(=O)C1CSCCN1C(=O)NC(C)C(=O)O. The second kappa shape index (κ2) is 6.47. The molecule has 0 aliphatic carbocycles. The Bertz CT molecular complexity index is 451. The fourth-order valence-corrected chi connectivity index (χ4v) is 4.60. The van der Waals surface area contributed by atoms with Gasteiger partial charge in [-0.1, -0.05) is 6.92 Å². The fourth-order valence-electron chi connectivity index (χ4n) is 1.63. The third kappa shape index (κ3) is 4.00. The highest BCUT2D eigenvalue weighted by Gasteiger charge is 2.36. The molecule has 1 saturated heterocycles. The number of rotatable bonds is 4. The van der Waals surface area contributed by atoms with E-state index in [9.17, 15) is 18.0 Å². The monoisotopic (exact) mass is 310 g/mol. The predicted molar refractivity (Wildman–Crippen MR) is 72.9 cm³/mol. The molecule has 2 atom stereocenters. The van der Waals surface area contributed by atoms with E-state index >= 15 is 0 Å². The van der Waals surface area contributed by atoms with Crippen LogP contribution in [0.5, 0.6) is 0 Å². The molecule has 0 aromatic heterocycles. The van der Waals surface area contributed by atoms with E-state index in [1.165, 1.54) is 30.5 Å². The molecule has 0 spiro atoms. The molecule has 0 radical (unpaired) electrons. The van der Waals surface area contributed by atoms with E-state index in [0.717, 1.165) is 0 Å². The predicted octanol–water partition coefficient (Wildman–Crippen LogP) is -0.0213. The number of carboxylic acids is 1. The summed E-state index contributed by atoms with van der Waals surface area (Å²) in [6, 6.07) is -1.69. The van der Waals surface area contributed by atoms with Gasteiger partial charge >= 0.3 is 12.0 Å². The van der Waals surface area contributed by atoms with Crippen LogP contribution in [0.4, 0.5) is 4.79 Å². The van der Waals surface area contributed by atoms with Crippen molar-refractivity contribution in [3.63, 3.8) is 0 Å². The number of amides is 2. The Labute approximate surface area is 116 Å². The lowest BCUT2D eigenvalue weighted by molar-refractivity contribution is -0.138. The van der Waals surface area contributed by atoms with Crippen LogP contribution in [0.25, 0.3) is 0 Å². The van der Waals surface area contributed by atoms with Crippen LogP contribution in [0, 0.1) is 0 Å². The summed E-state index contributed by atoms with van der Waals surface area (Å²) < 4.78 is 23.9. The molecular formula is C10H18N2O5S2. The summed E-state index contributed by atoms with van der Waals surface area (Å²) in [5.41, 5.74) is 0. The minimum Gasteiger partial charge on any atom is -0.480 e. The number of nitrogens with one attached hydrogen (secondary N) is 1. The first kappa shape index (κ1) is 16.1. The average Bonchev–Trinajstić information content (AvgIpc) is 2.38. The van der Waals surface area contributed by atoms with E-state index in [2.05, 4.69) is 5.32 Å². The maximum atomic E-state index is 12.0. The highest BCUT2D eigenvalue weighted by molar-refractivity contribution is 8.01. The summed E-state index contributed by atoms with van der Waals surface area (Å²) in [5, 5.41) is 10.2. The van der Waals surface area contributed by atoms with Gasteiger partial charge in [0.2, 0.25) is 0 Å². The number of carbonyl (C=O) groups is 2. The number of carboxylic acid groups (broad SMARTS) is 1. The molecular weight excluding hydrogens is 292 g/mol. The van der Waals surface area contributed by atoms with Gasteiger partial charge in [0.25, 0.3) is 0 Å². The Morgan fingerprint density at radius 3 is 2.68 bits per heavy atom. The number of hydrogen-bond acceptors (Lipinski definition) is 5. The van der Waals surface area contributed by atoms with Crippen molar-refractivity contribution in [3.05, 3.63) is 0 Å². The molecule has 19 heavy (non-hydrogen) atoms. The Hall–Kier alpha value is -0.960. The van der Waals surface area contributed by atoms with Crippen LogP contribution in [0.1, 0.15) is 13.8 Å². The van der Waals surface area contributed by atoms with Gasteiger partial charge in [0.05, 0.1) is 0 Å². The molecule has 2 unspecified atom stereocenters. The van der Waals surface area contributed by atoms with Crippen LogP contribution < -0.4 is 5.32 Å². The van der Waals surface area contributed by atoms with E-state index in [4.69, 9.17) is 5.11 Å². The van der Waals surface area contributed by atoms with E-state index in [1.54, 1.807) is 0 Å². The van der Waals surface area contributed by atoms with E-state index in [-0.39, 0.29) is 5.75 Å². The first-order chi connectivity index (χ1) is 8.79. The fraction of sp³-hybridized carbons (Fsp3) is 0.800. The second-order valence-corrected chi connectivity index (χ2v) is 7.78. The number of thioether (sulfide) groups is 1. The van der Waals surface area contributed by atoms with Crippen molar-refractivity contribution in [2.75, 3.05) is 23.8 Å². The van der Waals surface area contributed by atoms with Crippen LogP contribution in [0.3, 0.4) is 0 Å². The van der Waals surface area contributed by atoms with Crippen LogP contribution in [0.15, 0.2) is 0 Å². The quantitative estimate of drug-likeness (QED) is 0.756. The summed E-state index contributed by atoms with van der Waals surface area (Å²) in [5.74, 6) is -0.235. The maximum absolute atomic E-state index is 12.0. The molecule has 110 valence electrons. The van der Waals surface area contributed by atoms with Gasteiger partial charge < -0.3 is 15.3 Å². The molecule has 0 bridgehead atoms. The van der Waals surface area contributed by atoms with E-state index < -0.39 is 33.3 Å². The number of aliphatic carboxylic acids is 1. The van der Waals surface area contributed by atoms with Crippen LogP contribution in [-0.2, 0) is 14.6 Å². The van der Waals surface area contributed by atoms with Crippen molar-refractivity contribution in [3.8, 4) is 0 Å². The van der Waals surface area contributed by atoms with E-state index in [1.807, 2.05) is 0 Å². The van der Waals surface area contributed by atoms with Gasteiger partial charge in [-0.15, -0.1) is 0 Å². The maximum Gasteiger partial charge on any atom is 0.325 e. The zero-order valence-electron chi connectivity index (χ0n) is 10.8. The molecule has 1 aliphatic heterocycles. The lowest BCUT2D eigenvalue weighted by Crippen LogP contribution is -2.56. The Morgan fingerprint density at radius 2 is 2.16 bits per heavy atom. The number of nitrogens with zero attached hydrogens (tertiary/aromatic N) is 1. The normalized spacial score (nSPS) is 21.8.